The molecule has 94 valence electrons. The molecule has 0 amide bonds. The zero-order chi connectivity index (χ0) is 12.8. The lowest BCUT2D eigenvalue weighted by Crippen LogP contribution is -2.18. The molecule has 0 aliphatic heterocycles. The maximum atomic E-state index is 10.8. The summed E-state index contributed by atoms with van der Waals surface area (Å²) in [5, 5.41) is 10.8. The molecule has 0 radical (unpaired) electrons. The van der Waals surface area contributed by atoms with Crippen LogP contribution >= 0.6 is 15.9 Å². The number of hydrogen-bond acceptors (Lipinski definition) is 4. The second-order valence-electron chi connectivity index (χ2n) is 4.06. The average Bonchev–Trinajstić information content (AvgIpc) is 2.25. The Bertz CT molecular complexity index is 396. The van der Waals surface area contributed by atoms with Gasteiger partial charge in [0.15, 0.2) is 0 Å². The van der Waals surface area contributed by atoms with Gasteiger partial charge in [-0.05, 0) is 18.1 Å². The summed E-state index contributed by atoms with van der Waals surface area (Å²) in [6.07, 6.45) is 0. The summed E-state index contributed by atoms with van der Waals surface area (Å²) in [7, 11) is 0. The molecule has 0 saturated heterocycles. The van der Waals surface area contributed by atoms with Crippen LogP contribution in [0.2, 0.25) is 0 Å². The molecule has 0 aliphatic rings. The van der Waals surface area contributed by atoms with Gasteiger partial charge in [-0.1, -0.05) is 29.8 Å². The molecule has 0 heterocycles. The number of rotatable bonds is 6. The summed E-state index contributed by atoms with van der Waals surface area (Å²) in [5.41, 5.74) is 3.41. The maximum absolute atomic E-state index is 10.8. The molecule has 0 saturated carbocycles. The van der Waals surface area contributed by atoms with Crippen molar-refractivity contribution in [1.29, 1.82) is 0 Å². The highest BCUT2D eigenvalue weighted by molar-refractivity contribution is 9.10. The molecule has 0 aliphatic carbocycles. The van der Waals surface area contributed by atoms with Crippen molar-refractivity contribution in [2.75, 3.05) is 6.61 Å². The molecule has 0 spiro atoms. The minimum atomic E-state index is -0.399. The second kappa shape index (κ2) is 6.68. The summed E-state index contributed by atoms with van der Waals surface area (Å²) >= 11 is 3.21. The molecule has 0 bridgehead atoms. The van der Waals surface area contributed by atoms with Crippen molar-refractivity contribution in [2.24, 2.45) is 5.92 Å². The third kappa shape index (κ3) is 4.80. The van der Waals surface area contributed by atoms with E-state index in [1.54, 1.807) is 12.1 Å². The fourth-order valence-electron chi connectivity index (χ4n) is 1.21. The van der Waals surface area contributed by atoms with Crippen LogP contribution in [-0.2, 0) is 11.4 Å². The maximum Gasteiger partial charge on any atom is 0.275 e. The summed E-state index contributed by atoms with van der Waals surface area (Å²) in [4.78, 5) is 15.6. The van der Waals surface area contributed by atoms with Crippen LogP contribution in [-0.4, -0.2) is 11.5 Å². The first-order valence-electron chi connectivity index (χ1n) is 5.28. The summed E-state index contributed by atoms with van der Waals surface area (Å²) in [6, 6.07) is 4.96. The number of hydrogen-bond donors (Lipinski definition) is 1. The van der Waals surface area contributed by atoms with Gasteiger partial charge in [-0.3, -0.25) is 10.1 Å². The summed E-state index contributed by atoms with van der Waals surface area (Å²) in [6.45, 7) is 4.95. The fraction of sp³-hybridized carbons (Fsp3) is 0.455. The van der Waals surface area contributed by atoms with E-state index in [0.29, 0.717) is 29.1 Å². The van der Waals surface area contributed by atoms with E-state index in [2.05, 4.69) is 21.4 Å². The molecular weight excluding hydrogens is 288 g/mol. The predicted molar refractivity (Wildman–Crippen MR) is 68.4 cm³/mol. The largest absolute Gasteiger partial charge is 0.301 e. The van der Waals surface area contributed by atoms with Gasteiger partial charge in [0.25, 0.3) is 5.69 Å². The molecule has 0 fully saturated rings. The molecule has 0 aromatic heterocycles. The number of benzene rings is 1. The van der Waals surface area contributed by atoms with Crippen LogP contribution in [0.4, 0.5) is 5.69 Å². The van der Waals surface area contributed by atoms with Crippen molar-refractivity contribution in [2.45, 2.75) is 20.4 Å². The van der Waals surface area contributed by atoms with Crippen LogP contribution in [0.25, 0.3) is 0 Å². The number of nitro groups is 1. The highest BCUT2D eigenvalue weighted by Gasteiger charge is 2.13. The third-order valence-electron chi connectivity index (χ3n) is 2.03. The van der Waals surface area contributed by atoms with Crippen LogP contribution < -0.4 is 5.48 Å². The molecule has 6 heteroatoms. The molecule has 17 heavy (non-hydrogen) atoms. The van der Waals surface area contributed by atoms with E-state index in [9.17, 15) is 10.1 Å². The van der Waals surface area contributed by atoms with Gasteiger partial charge < -0.3 is 4.84 Å². The SMILES string of the molecule is CC(C)CONCc1ccc(Br)cc1[N+](=O)[O-]. The first-order chi connectivity index (χ1) is 8.00. The van der Waals surface area contributed by atoms with Gasteiger partial charge in [0, 0.05) is 16.1 Å². The fourth-order valence-corrected chi connectivity index (χ4v) is 1.56. The molecular formula is C11H15BrN2O3. The van der Waals surface area contributed by atoms with Crippen LogP contribution in [0, 0.1) is 16.0 Å². The van der Waals surface area contributed by atoms with E-state index in [0.717, 1.165) is 0 Å². The summed E-state index contributed by atoms with van der Waals surface area (Å²) < 4.78 is 0.691. The monoisotopic (exact) mass is 302 g/mol. The lowest BCUT2D eigenvalue weighted by Gasteiger charge is -2.08. The van der Waals surface area contributed by atoms with Crippen molar-refractivity contribution < 1.29 is 9.76 Å². The van der Waals surface area contributed by atoms with Gasteiger partial charge in [0.05, 0.1) is 18.1 Å². The van der Waals surface area contributed by atoms with Crippen molar-refractivity contribution in [3.05, 3.63) is 38.3 Å². The van der Waals surface area contributed by atoms with Crippen LogP contribution in [0.1, 0.15) is 19.4 Å². The van der Waals surface area contributed by atoms with Crippen molar-refractivity contribution >= 4 is 21.6 Å². The Balaban J connectivity index is 2.61. The lowest BCUT2D eigenvalue weighted by atomic mass is 10.2. The Morgan fingerprint density at radius 2 is 2.24 bits per heavy atom. The van der Waals surface area contributed by atoms with Gasteiger partial charge in [-0.2, -0.15) is 5.48 Å². The van der Waals surface area contributed by atoms with Gasteiger partial charge in [-0.15, -0.1) is 0 Å². The molecule has 0 atom stereocenters. The van der Waals surface area contributed by atoms with Gasteiger partial charge >= 0.3 is 0 Å². The predicted octanol–water partition coefficient (Wildman–Crippen LogP) is 3.03. The Morgan fingerprint density at radius 3 is 2.82 bits per heavy atom. The van der Waals surface area contributed by atoms with Crippen molar-refractivity contribution in [3.8, 4) is 0 Å². The molecule has 0 unspecified atom stereocenters. The van der Waals surface area contributed by atoms with E-state index in [4.69, 9.17) is 4.84 Å². The minimum Gasteiger partial charge on any atom is -0.301 e. The molecule has 1 rings (SSSR count). The minimum absolute atomic E-state index is 0.0834. The standard InChI is InChI=1S/C11H15BrN2O3/c1-8(2)7-17-13-6-9-3-4-10(12)5-11(9)14(15)16/h3-5,8,13H,6-7H2,1-2H3. The van der Waals surface area contributed by atoms with E-state index < -0.39 is 4.92 Å². The number of hydroxylamine groups is 1. The Labute approximate surface area is 108 Å². The number of halogens is 1. The summed E-state index contributed by atoms with van der Waals surface area (Å²) in [5.74, 6) is 0.419. The molecule has 5 nitrogen and oxygen atoms in total. The van der Waals surface area contributed by atoms with Gasteiger partial charge in [0.2, 0.25) is 0 Å². The Hall–Kier alpha value is -0.980. The average molecular weight is 303 g/mol. The number of nitrogens with zero attached hydrogens (tertiary/aromatic N) is 1. The van der Waals surface area contributed by atoms with E-state index in [-0.39, 0.29) is 5.69 Å². The Morgan fingerprint density at radius 1 is 1.53 bits per heavy atom. The van der Waals surface area contributed by atoms with Crippen LogP contribution in [0.3, 0.4) is 0 Å². The van der Waals surface area contributed by atoms with Gasteiger partial charge in [0.1, 0.15) is 0 Å². The third-order valence-corrected chi connectivity index (χ3v) is 2.52. The van der Waals surface area contributed by atoms with Crippen molar-refractivity contribution in [1.82, 2.24) is 5.48 Å². The Kier molecular flexibility index (Phi) is 5.54. The number of nitrogens with one attached hydrogen (secondary N) is 1. The van der Waals surface area contributed by atoms with E-state index >= 15 is 0 Å². The smallest absolute Gasteiger partial charge is 0.275 e. The van der Waals surface area contributed by atoms with E-state index in [1.165, 1.54) is 6.07 Å². The zero-order valence-corrected chi connectivity index (χ0v) is 11.4. The first-order valence-corrected chi connectivity index (χ1v) is 6.07. The quantitative estimate of drug-likeness (QED) is 0.498. The van der Waals surface area contributed by atoms with Crippen molar-refractivity contribution in [3.63, 3.8) is 0 Å². The van der Waals surface area contributed by atoms with Crippen LogP contribution in [0.15, 0.2) is 22.7 Å². The van der Waals surface area contributed by atoms with Gasteiger partial charge in [-0.25, -0.2) is 0 Å². The first kappa shape index (κ1) is 14.1. The normalized spacial score (nSPS) is 10.8. The second-order valence-corrected chi connectivity index (χ2v) is 4.97. The highest BCUT2D eigenvalue weighted by Crippen LogP contribution is 2.23. The molecule has 1 N–H and O–H groups in total. The molecule has 1 aromatic rings. The van der Waals surface area contributed by atoms with E-state index in [1.807, 2.05) is 13.8 Å². The number of nitro benzene ring substituents is 1. The highest BCUT2D eigenvalue weighted by atomic mass is 79.9. The lowest BCUT2D eigenvalue weighted by molar-refractivity contribution is -0.385. The molecule has 1 aromatic carbocycles. The van der Waals surface area contributed by atoms with Crippen LogP contribution in [0.5, 0.6) is 0 Å². The zero-order valence-electron chi connectivity index (χ0n) is 9.77. The topological polar surface area (TPSA) is 64.4 Å².